The van der Waals surface area contributed by atoms with Gasteiger partial charge in [-0.05, 0) is 38.3 Å². The zero-order valence-electron chi connectivity index (χ0n) is 16.7. The number of aromatic hydroxyl groups is 1. The third-order valence-corrected chi connectivity index (χ3v) is 6.19. The lowest BCUT2D eigenvalue weighted by Crippen LogP contribution is -2.66. The van der Waals surface area contributed by atoms with E-state index in [1.54, 1.807) is 35.4 Å². The summed E-state index contributed by atoms with van der Waals surface area (Å²) in [7, 11) is 0. The minimum absolute atomic E-state index is 0.0899. The van der Waals surface area contributed by atoms with Gasteiger partial charge in [-0.1, -0.05) is 0 Å². The second-order valence-corrected chi connectivity index (χ2v) is 8.36. The van der Waals surface area contributed by atoms with Crippen molar-refractivity contribution in [3.8, 4) is 28.6 Å². The molecule has 1 unspecified atom stereocenters. The van der Waals surface area contributed by atoms with Crippen LogP contribution in [0.25, 0.3) is 16.9 Å². The number of nitrogens with zero attached hydrogens (tertiary/aromatic N) is 4. The first kappa shape index (κ1) is 19.0. The molecule has 2 fully saturated rings. The van der Waals surface area contributed by atoms with Gasteiger partial charge in [0.1, 0.15) is 11.9 Å². The van der Waals surface area contributed by atoms with Crippen molar-refractivity contribution in [1.29, 1.82) is 0 Å². The van der Waals surface area contributed by atoms with Crippen LogP contribution in [0.3, 0.4) is 0 Å². The van der Waals surface area contributed by atoms with Gasteiger partial charge in [-0.2, -0.15) is 0 Å². The molecule has 2 aliphatic heterocycles. The molecule has 5 rings (SSSR count). The summed E-state index contributed by atoms with van der Waals surface area (Å²) in [5.41, 5.74) is 1.33. The number of phenolic OH excluding ortho intramolecular Hbond substituents is 1. The van der Waals surface area contributed by atoms with Gasteiger partial charge in [0.25, 0.3) is 0 Å². The Morgan fingerprint density at radius 2 is 2.20 bits per heavy atom. The molecule has 156 valence electrons. The maximum Gasteiger partial charge on any atom is 0.232 e. The zero-order chi connectivity index (χ0) is 20.7. The van der Waals surface area contributed by atoms with Gasteiger partial charge in [0.2, 0.25) is 5.88 Å². The van der Waals surface area contributed by atoms with E-state index in [1.165, 1.54) is 12.4 Å². The molecular weight excluding hydrogens is 385 g/mol. The molecular formula is C22H24FN5O2. The van der Waals surface area contributed by atoms with Gasteiger partial charge >= 0.3 is 0 Å². The van der Waals surface area contributed by atoms with Crippen LogP contribution in [-0.2, 0) is 0 Å². The summed E-state index contributed by atoms with van der Waals surface area (Å²) >= 11 is 0. The number of ether oxygens (including phenoxy) is 1. The number of phenols is 1. The Balaban J connectivity index is 1.32. The summed E-state index contributed by atoms with van der Waals surface area (Å²) in [6, 6.07) is 5.57. The number of hydrogen-bond acceptors (Lipinski definition) is 6. The Labute approximate surface area is 174 Å². The molecule has 0 spiro atoms. The van der Waals surface area contributed by atoms with Crippen LogP contribution in [0.5, 0.6) is 11.6 Å². The maximum atomic E-state index is 15.1. The Morgan fingerprint density at radius 1 is 1.30 bits per heavy atom. The Kier molecular flexibility index (Phi) is 4.66. The molecule has 2 saturated heterocycles. The highest BCUT2D eigenvalue weighted by atomic mass is 19.1. The quantitative estimate of drug-likeness (QED) is 0.687. The number of aromatic nitrogens is 4. The van der Waals surface area contributed by atoms with Crippen molar-refractivity contribution < 1.29 is 14.2 Å². The number of benzene rings is 1. The number of piperidine rings is 2. The second kappa shape index (κ2) is 7.36. The highest BCUT2D eigenvalue weighted by Crippen LogP contribution is 2.37. The van der Waals surface area contributed by atoms with Gasteiger partial charge in [0, 0.05) is 36.5 Å². The van der Waals surface area contributed by atoms with Gasteiger partial charge in [0.05, 0.1) is 35.6 Å². The average molecular weight is 409 g/mol. The van der Waals surface area contributed by atoms with Crippen LogP contribution < -0.4 is 10.1 Å². The van der Waals surface area contributed by atoms with Crippen LogP contribution in [0, 0.1) is 0 Å². The number of imidazole rings is 1. The predicted octanol–water partition coefficient (Wildman–Crippen LogP) is 3.42. The summed E-state index contributed by atoms with van der Waals surface area (Å²) in [5, 5.41) is 13.9. The first-order chi connectivity index (χ1) is 14.5. The number of hydrogen-bond donors (Lipinski definition) is 2. The lowest BCUT2D eigenvalue weighted by atomic mass is 9.75. The van der Waals surface area contributed by atoms with Gasteiger partial charge in [-0.15, -0.1) is 0 Å². The van der Waals surface area contributed by atoms with Gasteiger partial charge < -0.3 is 19.7 Å². The topological polar surface area (TPSA) is 85.1 Å². The fraction of sp³-hybridized carbons (Fsp3) is 0.409. The number of nitrogens with one attached hydrogen (secondary N) is 1. The van der Waals surface area contributed by atoms with E-state index in [9.17, 15) is 5.11 Å². The number of halogens is 1. The Bertz CT molecular complexity index is 1030. The molecule has 0 amide bonds. The van der Waals surface area contributed by atoms with E-state index in [4.69, 9.17) is 4.74 Å². The molecule has 4 heterocycles. The van der Waals surface area contributed by atoms with E-state index in [1.807, 2.05) is 13.0 Å². The van der Waals surface area contributed by atoms with Crippen molar-refractivity contribution >= 4 is 0 Å². The van der Waals surface area contributed by atoms with Gasteiger partial charge in [-0.25, -0.2) is 19.3 Å². The third kappa shape index (κ3) is 3.41. The van der Waals surface area contributed by atoms with Crippen LogP contribution in [-0.4, -0.2) is 48.5 Å². The number of rotatable bonds is 4. The zero-order valence-corrected chi connectivity index (χ0v) is 16.7. The minimum Gasteiger partial charge on any atom is -0.507 e. The molecule has 8 heteroatoms. The lowest BCUT2D eigenvalue weighted by Gasteiger charge is -2.49. The third-order valence-electron chi connectivity index (χ3n) is 6.19. The van der Waals surface area contributed by atoms with Gasteiger partial charge in [0.15, 0.2) is 6.17 Å². The van der Waals surface area contributed by atoms with E-state index in [0.717, 1.165) is 24.9 Å². The van der Waals surface area contributed by atoms with E-state index in [2.05, 4.69) is 20.3 Å². The van der Waals surface area contributed by atoms with Crippen molar-refractivity contribution in [3.63, 3.8) is 0 Å². The smallest absolute Gasteiger partial charge is 0.232 e. The van der Waals surface area contributed by atoms with E-state index in [-0.39, 0.29) is 11.8 Å². The SMILES string of the molecule is C[C@]12CCCC(C[C@@H](Oc3cnc(-c4ccc(-n5ccnc5)cc4O)cn3)[C@H]1F)N2. The molecule has 0 radical (unpaired) electrons. The predicted molar refractivity (Wildman–Crippen MR) is 109 cm³/mol. The maximum absolute atomic E-state index is 15.1. The monoisotopic (exact) mass is 409 g/mol. The molecule has 7 nitrogen and oxygen atoms in total. The highest BCUT2D eigenvalue weighted by Gasteiger charge is 2.49. The summed E-state index contributed by atoms with van der Waals surface area (Å²) in [4.78, 5) is 12.7. The molecule has 2 aromatic heterocycles. The molecule has 2 aliphatic rings. The fourth-order valence-electron chi connectivity index (χ4n) is 4.62. The molecule has 1 aromatic carbocycles. The second-order valence-electron chi connectivity index (χ2n) is 8.36. The fourth-order valence-corrected chi connectivity index (χ4v) is 4.62. The van der Waals surface area contributed by atoms with Crippen molar-refractivity contribution in [3.05, 3.63) is 49.3 Å². The van der Waals surface area contributed by atoms with Crippen molar-refractivity contribution in [2.45, 2.75) is 56.5 Å². The summed E-state index contributed by atoms with van der Waals surface area (Å²) < 4.78 is 22.8. The average Bonchev–Trinajstić information content (AvgIpc) is 3.28. The molecule has 0 saturated carbocycles. The Hall–Kier alpha value is -3.00. The van der Waals surface area contributed by atoms with E-state index >= 15 is 4.39 Å². The van der Waals surface area contributed by atoms with E-state index in [0.29, 0.717) is 23.6 Å². The van der Waals surface area contributed by atoms with E-state index < -0.39 is 17.8 Å². The van der Waals surface area contributed by atoms with Gasteiger partial charge in [-0.3, -0.25) is 0 Å². The highest BCUT2D eigenvalue weighted by molar-refractivity contribution is 5.68. The molecule has 30 heavy (non-hydrogen) atoms. The van der Waals surface area contributed by atoms with Crippen LogP contribution in [0.15, 0.2) is 49.3 Å². The molecule has 2 N–H and O–H groups in total. The van der Waals surface area contributed by atoms with Crippen LogP contribution in [0.2, 0.25) is 0 Å². The van der Waals surface area contributed by atoms with Crippen molar-refractivity contribution in [1.82, 2.24) is 24.8 Å². The summed E-state index contributed by atoms with van der Waals surface area (Å²) in [6.45, 7) is 1.93. The molecule has 3 aromatic rings. The van der Waals surface area contributed by atoms with Crippen molar-refractivity contribution in [2.75, 3.05) is 0 Å². The summed E-state index contributed by atoms with van der Waals surface area (Å²) in [6.07, 6.45) is 10.0. The normalized spacial score (nSPS) is 28.3. The van der Waals surface area contributed by atoms with Crippen LogP contribution in [0.1, 0.15) is 32.6 Å². The first-order valence-corrected chi connectivity index (χ1v) is 10.2. The van der Waals surface area contributed by atoms with Crippen molar-refractivity contribution in [2.24, 2.45) is 0 Å². The number of alkyl halides is 1. The molecule has 0 aliphatic carbocycles. The largest absolute Gasteiger partial charge is 0.507 e. The van der Waals surface area contributed by atoms with Crippen LogP contribution in [0.4, 0.5) is 4.39 Å². The Morgan fingerprint density at radius 3 is 2.93 bits per heavy atom. The first-order valence-electron chi connectivity index (χ1n) is 10.2. The standard InChI is InChI=1S/C22H24FN5O2/c1-22-6-2-3-14(27-22)9-19(21(22)23)30-20-12-25-17(11-26-20)16-5-4-15(10-18(16)29)28-8-7-24-13-28/h4-5,7-8,10-14,19,21,27,29H,2-3,6,9H2,1H3/t14?,19-,21-,22+/m1/s1. The minimum atomic E-state index is -1.10. The molecule has 2 bridgehead atoms. The van der Waals surface area contributed by atoms with Crippen LogP contribution >= 0.6 is 0 Å². The number of fused-ring (bicyclic) bond motifs is 2. The summed E-state index contributed by atoms with van der Waals surface area (Å²) in [5.74, 6) is 0.386. The molecule has 4 atom stereocenters. The lowest BCUT2D eigenvalue weighted by molar-refractivity contribution is -0.0347.